The van der Waals surface area contributed by atoms with E-state index in [0.29, 0.717) is 13.0 Å². The Morgan fingerprint density at radius 1 is 1.00 bits per heavy atom. The lowest BCUT2D eigenvalue weighted by Crippen LogP contribution is -2.49. The van der Waals surface area contributed by atoms with Gasteiger partial charge in [0.2, 0.25) is 5.91 Å². The molecular formula is C18H29N5O. The van der Waals surface area contributed by atoms with Crippen LogP contribution in [0.3, 0.4) is 0 Å². The van der Waals surface area contributed by atoms with Gasteiger partial charge in [0, 0.05) is 66.5 Å². The first-order valence-electron chi connectivity index (χ1n) is 8.46. The van der Waals surface area contributed by atoms with Crippen LogP contribution in [0, 0.1) is 0 Å². The zero-order valence-electron chi connectivity index (χ0n) is 15.3. The standard InChI is InChI=1S/C18H29N5O/c1-20(2)18(21(3)4)19-11-10-17(24)23-14-12-22(13-15-23)16-8-6-5-7-9-16/h5-9H,10-15H2,1-4H3. The van der Waals surface area contributed by atoms with Gasteiger partial charge in [-0.3, -0.25) is 9.79 Å². The number of guanidine groups is 1. The van der Waals surface area contributed by atoms with Crippen molar-refractivity contribution in [2.75, 3.05) is 65.8 Å². The molecule has 1 amide bonds. The van der Waals surface area contributed by atoms with E-state index in [4.69, 9.17) is 0 Å². The lowest BCUT2D eigenvalue weighted by molar-refractivity contribution is -0.131. The van der Waals surface area contributed by atoms with Crippen LogP contribution in [-0.4, -0.2) is 87.5 Å². The van der Waals surface area contributed by atoms with Gasteiger partial charge in [-0.2, -0.15) is 0 Å². The average molecular weight is 331 g/mol. The molecule has 0 N–H and O–H groups in total. The second kappa shape index (κ2) is 8.57. The van der Waals surface area contributed by atoms with Crippen molar-refractivity contribution in [2.24, 2.45) is 4.99 Å². The van der Waals surface area contributed by atoms with Gasteiger partial charge in [0.25, 0.3) is 0 Å². The van der Waals surface area contributed by atoms with Crippen molar-refractivity contribution in [1.29, 1.82) is 0 Å². The van der Waals surface area contributed by atoms with Gasteiger partial charge in [0.1, 0.15) is 0 Å². The summed E-state index contributed by atoms with van der Waals surface area (Å²) < 4.78 is 0. The predicted molar refractivity (Wildman–Crippen MR) is 99.5 cm³/mol. The molecule has 0 aliphatic carbocycles. The van der Waals surface area contributed by atoms with Crippen molar-refractivity contribution < 1.29 is 4.79 Å². The van der Waals surface area contributed by atoms with Crippen LogP contribution in [0.2, 0.25) is 0 Å². The minimum absolute atomic E-state index is 0.198. The SMILES string of the molecule is CN(C)C(=NCCC(=O)N1CCN(c2ccccc2)CC1)N(C)C. The van der Waals surface area contributed by atoms with Crippen molar-refractivity contribution in [1.82, 2.24) is 14.7 Å². The van der Waals surface area contributed by atoms with Crippen LogP contribution in [0.25, 0.3) is 0 Å². The number of rotatable bonds is 4. The lowest BCUT2D eigenvalue weighted by Gasteiger charge is -2.36. The molecule has 24 heavy (non-hydrogen) atoms. The Labute approximate surface area is 145 Å². The normalized spacial score (nSPS) is 14.3. The van der Waals surface area contributed by atoms with E-state index in [2.05, 4.69) is 34.2 Å². The smallest absolute Gasteiger partial charge is 0.224 e. The van der Waals surface area contributed by atoms with Gasteiger partial charge < -0.3 is 19.6 Å². The number of amides is 1. The molecule has 1 aromatic rings. The number of anilines is 1. The summed E-state index contributed by atoms with van der Waals surface area (Å²) in [6, 6.07) is 10.4. The van der Waals surface area contributed by atoms with Crippen LogP contribution in [0.4, 0.5) is 5.69 Å². The molecule has 1 aliphatic heterocycles. The van der Waals surface area contributed by atoms with Crippen molar-refractivity contribution in [3.8, 4) is 0 Å². The molecule has 1 heterocycles. The van der Waals surface area contributed by atoms with Crippen molar-refractivity contribution in [3.63, 3.8) is 0 Å². The number of para-hydroxylation sites is 1. The van der Waals surface area contributed by atoms with Crippen molar-refractivity contribution in [2.45, 2.75) is 6.42 Å². The summed E-state index contributed by atoms with van der Waals surface area (Å²) in [4.78, 5) is 25.1. The van der Waals surface area contributed by atoms with E-state index in [0.717, 1.165) is 32.1 Å². The molecule has 6 nitrogen and oxygen atoms in total. The van der Waals surface area contributed by atoms with Crippen molar-refractivity contribution >= 4 is 17.6 Å². The number of aliphatic imine (C=N–C) groups is 1. The van der Waals surface area contributed by atoms with Crippen LogP contribution in [0.5, 0.6) is 0 Å². The Kier molecular flexibility index (Phi) is 6.46. The summed E-state index contributed by atoms with van der Waals surface area (Å²) >= 11 is 0. The third-order valence-corrected chi connectivity index (χ3v) is 4.13. The first-order chi connectivity index (χ1) is 11.5. The van der Waals surface area contributed by atoms with Gasteiger partial charge in [-0.25, -0.2) is 0 Å². The maximum absolute atomic E-state index is 12.4. The van der Waals surface area contributed by atoms with E-state index in [9.17, 15) is 4.79 Å². The highest BCUT2D eigenvalue weighted by Gasteiger charge is 2.20. The molecule has 1 aliphatic rings. The van der Waals surface area contributed by atoms with E-state index in [1.54, 1.807) is 0 Å². The topological polar surface area (TPSA) is 42.4 Å². The van der Waals surface area contributed by atoms with Crippen molar-refractivity contribution in [3.05, 3.63) is 30.3 Å². The molecular weight excluding hydrogens is 302 g/mol. The highest BCUT2D eigenvalue weighted by Crippen LogP contribution is 2.15. The molecule has 0 spiro atoms. The maximum Gasteiger partial charge on any atom is 0.224 e. The highest BCUT2D eigenvalue weighted by atomic mass is 16.2. The lowest BCUT2D eigenvalue weighted by atomic mass is 10.2. The highest BCUT2D eigenvalue weighted by molar-refractivity contribution is 5.80. The van der Waals surface area contributed by atoms with E-state index < -0.39 is 0 Å². The zero-order chi connectivity index (χ0) is 17.5. The average Bonchev–Trinajstić information content (AvgIpc) is 2.58. The Hall–Kier alpha value is -2.24. The molecule has 0 saturated carbocycles. The molecule has 0 atom stereocenters. The number of nitrogens with zero attached hydrogens (tertiary/aromatic N) is 5. The Bertz CT molecular complexity index is 538. The summed E-state index contributed by atoms with van der Waals surface area (Å²) in [6.45, 7) is 3.88. The van der Waals surface area contributed by atoms with Gasteiger partial charge in [0.05, 0.1) is 6.54 Å². The second-order valence-corrected chi connectivity index (χ2v) is 6.42. The van der Waals surface area contributed by atoms with E-state index in [1.807, 2.05) is 49.0 Å². The predicted octanol–water partition coefficient (Wildman–Crippen LogP) is 1.20. The van der Waals surface area contributed by atoms with E-state index in [1.165, 1.54) is 5.69 Å². The summed E-state index contributed by atoms with van der Waals surface area (Å²) in [5.74, 6) is 1.08. The monoisotopic (exact) mass is 331 g/mol. The molecule has 1 aromatic carbocycles. The summed E-state index contributed by atoms with van der Waals surface area (Å²) in [6.07, 6.45) is 0.469. The van der Waals surface area contributed by atoms with Gasteiger partial charge in [-0.15, -0.1) is 0 Å². The molecule has 0 radical (unpaired) electrons. The Morgan fingerprint density at radius 3 is 2.12 bits per heavy atom. The van der Waals surface area contributed by atoms with Gasteiger partial charge >= 0.3 is 0 Å². The summed E-state index contributed by atoms with van der Waals surface area (Å²) in [5.41, 5.74) is 1.23. The van der Waals surface area contributed by atoms with Crippen LogP contribution < -0.4 is 4.90 Å². The van der Waals surface area contributed by atoms with Crippen LogP contribution in [-0.2, 0) is 4.79 Å². The molecule has 0 unspecified atom stereocenters. The van der Waals surface area contributed by atoms with Crippen LogP contribution in [0.15, 0.2) is 35.3 Å². The number of hydrogen-bond donors (Lipinski definition) is 0. The minimum atomic E-state index is 0.198. The first-order valence-corrected chi connectivity index (χ1v) is 8.46. The quantitative estimate of drug-likeness (QED) is 0.614. The first kappa shape index (κ1) is 18.1. The third-order valence-electron chi connectivity index (χ3n) is 4.13. The Balaban J connectivity index is 1.80. The number of hydrogen-bond acceptors (Lipinski definition) is 3. The molecule has 1 saturated heterocycles. The largest absolute Gasteiger partial charge is 0.368 e. The fraction of sp³-hybridized carbons (Fsp3) is 0.556. The molecule has 0 bridgehead atoms. The molecule has 132 valence electrons. The fourth-order valence-corrected chi connectivity index (χ4v) is 2.95. The number of benzene rings is 1. The minimum Gasteiger partial charge on any atom is -0.368 e. The van der Waals surface area contributed by atoms with Gasteiger partial charge in [0.15, 0.2) is 5.96 Å². The fourth-order valence-electron chi connectivity index (χ4n) is 2.95. The molecule has 1 fully saturated rings. The van der Waals surface area contributed by atoms with E-state index in [-0.39, 0.29) is 5.91 Å². The molecule has 6 heteroatoms. The van der Waals surface area contributed by atoms with Crippen LogP contribution >= 0.6 is 0 Å². The zero-order valence-corrected chi connectivity index (χ0v) is 15.3. The summed E-state index contributed by atoms with van der Waals surface area (Å²) in [7, 11) is 7.85. The maximum atomic E-state index is 12.4. The third kappa shape index (κ3) is 4.88. The summed E-state index contributed by atoms with van der Waals surface area (Å²) in [5, 5.41) is 0. The molecule has 0 aromatic heterocycles. The van der Waals surface area contributed by atoms with Gasteiger partial charge in [-0.1, -0.05) is 18.2 Å². The molecule has 2 rings (SSSR count). The second-order valence-electron chi connectivity index (χ2n) is 6.42. The van der Waals surface area contributed by atoms with Gasteiger partial charge in [-0.05, 0) is 12.1 Å². The number of carbonyl (C=O) groups excluding carboxylic acids is 1. The van der Waals surface area contributed by atoms with E-state index >= 15 is 0 Å². The Morgan fingerprint density at radius 2 is 1.58 bits per heavy atom. The number of carbonyl (C=O) groups is 1. The van der Waals surface area contributed by atoms with Crippen LogP contribution in [0.1, 0.15) is 6.42 Å². The number of piperazine rings is 1.